The van der Waals surface area contributed by atoms with E-state index in [1.807, 2.05) is 0 Å². The summed E-state index contributed by atoms with van der Waals surface area (Å²) >= 11 is -4.44. The van der Waals surface area contributed by atoms with E-state index in [2.05, 4.69) is 140 Å². The Morgan fingerprint density at radius 2 is 1.17 bits per heavy atom. The van der Waals surface area contributed by atoms with Crippen LogP contribution in [0.15, 0.2) is 91.0 Å². The molecule has 0 aliphatic heterocycles. The Hall–Kier alpha value is -1.54. The van der Waals surface area contributed by atoms with Crippen molar-refractivity contribution in [2.45, 2.75) is 96.5 Å². The summed E-state index contributed by atoms with van der Waals surface area (Å²) in [6, 6.07) is 26.5. The van der Waals surface area contributed by atoms with Gasteiger partial charge in [0.25, 0.3) is 0 Å². The Morgan fingerprint density at radius 3 is 1.62 bits per heavy atom. The van der Waals surface area contributed by atoms with Gasteiger partial charge in [0.2, 0.25) is 0 Å². The Morgan fingerprint density at radius 1 is 0.667 bits per heavy atom. The van der Waals surface area contributed by atoms with E-state index >= 15 is 0 Å². The van der Waals surface area contributed by atoms with Crippen LogP contribution in [0.1, 0.15) is 100 Å². The zero-order chi connectivity index (χ0) is 28.8. The van der Waals surface area contributed by atoms with Crippen molar-refractivity contribution >= 4 is 32.4 Å². The average Bonchev–Trinajstić information content (AvgIpc) is 3.58. The number of benzene rings is 3. The fourth-order valence-corrected chi connectivity index (χ4v) is 34.2. The van der Waals surface area contributed by atoms with Gasteiger partial charge in [-0.15, -0.1) is 24.8 Å². The maximum atomic E-state index is 5.73. The maximum absolute atomic E-state index is 5.73. The first-order chi connectivity index (χ1) is 18.9. The Bertz CT molecular complexity index is 1440. The summed E-state index contributed by atoms with van der Waals surface area (Å²) in [4.78, 5) is 0. The number of hydrogen-bond acceptors (Lipinski definition) is 0. The molecular weight excluding hydrogens is 718 g/mol. The Labute approximate surface area is 269 Å². The van der Waals surface area contributed by atoms with E-state index in [9.17, 15) is 0 Å². The number of fused-ring (bicyclic) bond motifs is 3. The van der Waals surface area contributed by atoms with Crippen molar-refractivity contribution in [3.63, 3.8) is 0 Å². The van der Waals surface area contributed by atoms with Gasteiger partial charge >= 0.3 is 247 Å². The van der Waals surface area contributed by atoms with Gasteiger partial charge in [0.05, 0.1) is 0 Å². The van der Waals surface area contributed by atoms with Crippen LogP contribution in [0, 0.1) is 0 Å². The summed E-state index contributed by atoms with van der Waals surface area (Å²) in [5, 5.41) is 0. The Kier molecular flexibility index (Phi) is 10.7. The van der Waals surface area contributed by atoms with Crippen LogP contribution in [0.3, 0.4) is 0 Å². The van der Waals surface area contributed by atoms with Crippen molar-refractivity contribution in [2.75, 3.05) is 0 Å². The van der Waals surface area contributed by atoms with E-state index in [-0.39, 0.29) is 35.6 Å². The Balaban J connectivity index is 0.00000242. The predicted molar refractivity (Wildman–Crippen MR) is 190 cm³/mol. The summed E-state index contributed by atoms with van der Waals surface area (Å²) in [6.45, 7) is 16.4. The molecule has 3 aromatic carbocycles. The summed E-state index contributed by atoms with van der Waals surface area (Å²) in [6.07, 6.45) is 14.8. The van der Waals surface area contributed by atoms with E-state index in [0.717, 1.165) is 0 Å². The third-order valence-electron chi connectivity index (χ3n) is 10.2. The average molecular weight is 770 g/mol. The molecule has 0 atom stereocenters. The molecule has 0 bridgehead atoms. The number of unbranched alkanes of at least 4 members (excludes halogenated alkanes) is 3. The molecule has 0 radical (unpaired) electrons. The van der Waals surface area contributed by atoms with Gasteiger partial charge in [-0.3, -0.25) is 0 Å². The second-order valence-corrected chi connectivity index (χ2v) is 36.7. The summed E-state index contributed by atoms with van der Waals surface area (Å²) in [5.41, 5.74) is 9.04. The molecule has 5 rings (SSSR count). The molecule has 0 N–H and O–H groups in total. The van der Waals surface area contributed by atoms with Gasteiger partial charge < -0.3 is 0 Å². The van der Waals surface area contributed by atoms with Gasteiger partial charge in [0.1, 0.15) is 0 Å². The molecule has 226 valence electrons. The third-order valence-corrected chi connectivity index (χ3v) is 37.0. The second kappa shape index (κ2) is 12.8. The summed E-state index contributed by atoms with van der Waals surface area (Å²) in [5.74, 6) is 0. The quantitative estimate of drug-likeness (QED) is 0.158. The number of allylic oxidation sites excluding steroid dienone is 4. The molecule has 0 nitrogen and oxygen atoms in total. The minimum atomic E-state index is -4.44. The van der Waals surface area contributed by atoms with Crippen LogP contribution in [-0.4, -0.2) is 4.26 Å². The van der Waals surface area contributed by atoms with Crippen LogP contribution in [0.4, 0.5) is 0 Å². The molecule has 0 spiro atoms. The minimum absolute atomic E-state index is 0. The third kappa shape index (κ3) is 5.92. The van der Waals surface area contributed by atoms with Crippen molar-refractivity contribution in [1.29, 1.82) is 0 Å². The molecule has 3 aromatic rings. The van der Waals surface area contributed by atoms with Crippen LogP contribution >= 0.6 is 24.8 Å². The van der Waals surface area contributed by atoms with Crippen molar-refractivity contribution < 1.29 is 18.0 Å². The van der Waals surface area contributed by atoms with Crippen LogP contribution in [0.25, 0.3) is 11.1 Å². The zero-order valence-corrected chi connectivity index (χ0v) is 32.1. The second-order valence-electron chi connectivity index (χ2n) is 14.9. The van der Waals surface area contributed by atoms with Gasteiger partial charge in [0.15, 0.2) is 0 Å². The summed E-state index contributed by atoms with van der Waals surface area (Å²) < 4.78 is 9.33. The molecule has 2 aliphatic rings. The first-order valence-electron chi connectivity index (χ1n) is 15.6. The van der Waals surface area contributed by atoms with Crippen molar-refractivity contribution in [2.24, 2.45) is 0 Å². The first kappa shape index (κ1) is 34.9. The fraction of sp³-hybridized carbons (Fsp3) is 0.410. The van der Waals surface area contributed by atoms with Crippen LogP contribution < -0.4 is 3.32 Å². The standard InChI is InChI=1S/C21H25.C6H5.C6H13.C5H5.CH2.2ClH.Hf/c1-20(2,3)16-7-9-18-14(12-16)11-15-13-17(21(4,5)6)8-10-19(15)18;1-2-4-6-5-3-1;1-3-5-6-4-2;1-2-4-5-3-1;;;;/h7-13H,1-6H3;1-5H;1,3-6H2,2H3;1-5H;1H2;2*1H;. The number of rotatable bonds is 8. The molecule has 2 aliphatic carbocycles. The number of hydrogen-bond donors (Lipinski definition) is 0. The molecule has 0 amide bonds. The van der Waals surface area contributed by atoms with E-state index in [0.29, 0.717) is 7.35 Å². The van der Waals surface area contributed by atoms with Gasteiger partial charge in [-0.25, -0.2) is 0 Å². The number of halogens is 2. The molecule has 42 heavy (non-hydrogen) atoms. The normalized spacial score (nSPS) is 15.2. The molecule has 3 heteroatoms. The van der Waals surface area contributed by atoms with Crippen LogP contribution in [-0.2, 0) is 28.8 Å². The molecular formula is C39H52Cl2Hf. The van der Waals surface area contributed by atoms with Gasteiger partial charge in [-0.05, 0) is 0 Å². The van der Waals surface area contributed by atoms with E-state index < -0.39 is 18.0 Å². The van der Waals surface area contributed by atoms with Gasteiger partial charge in [0, 0.05) is 0 Å². The van der Waals surface area contributed by atoms with Crippen LogP contribution in [0.5, 0.6) is 0 Å². The van der Waals surface area contributed by atoms with Gasteiger partial charge in [-0.2, -0.15) is 0 Å². The van der Waals surface area contributed by atoms with Gasteiger partial charge in [-0.1, -0.05) is 0 Å². The predicted octanol–water partition coefficient (Wildman–Crippen LogP) is 11.6. The molecule has 0 aromatic heterocycles. The molecule has 0 heterocycles. The molecule has 0 saturated heterocycles. The van der Waals surface area contributed by atoms with E-state index in [1.54, 1.807) is 14.4 Å². The van der Waals surface area contributed by atoms with Crippen molar-refractivity contribution in [3.8, 4) is 11.1 Å². The fourth-order valence-electron chi connectivity index (χ4n) is 7.72. The molecule has 0 unspecified atom stereocenters. The molecule has 0 saturated carbocycles. The zero-order valence-electron chi connectivity index (χ0n) is 26.9. The molecule has 0 fully saturated rings. The van der Waals surface area contributed by atoms with Crippen molar-refractivity contribution in [1.82, 2.24) is 0 Å². The van der Waals surface area contributed by atoms with Crippen LogP contribution in [0.2, 0.25) is 7.85 Å². The summed E-state index contributed by atoms with van der Waals surface area (Å²) in [7, 11) is 0. The monoisotopic (exact) mass is 770 g/mol. The van der Waals surface area contributed by atoms with Crippen molar-refractivity contribution in [3.05, 3.63) is 113 Å². The SMILES string of the molecule is Cl.Cl.[CH2]=[Hf]([CH2]CCCCC)([c]1ccccc1)([CH]1C=CC=C1)[CH]1c2cc(C(C)(C)C)ccc2-c2ccc(C(C)(C)C)cc21. The first-order valence-corrected chi connectivity index (χ1v) is 26.6. The van der Waals surface area contributed by atoms with E-state index in [1.165, 1.54) is 52.1 Å². The van der Waals surface area contributed by atoms with E-state index in [4.69, 9.17) is 4.26 Å². The topological polar surface area (TPSA) is 0 Å².